The number of fused-ring (bicyclic) bond motifs is 2. The number of furan rings is 1. The van der Waals surface area contributed by atoms with Crippen LogP contribution in [-0.4, -0.2) is 24.2 Å². The molecule has 2 aliphatic rings. The van der Waals surface area contributed by atoms with Crippen LogP contribution in [0.5, 0.6) is 0 Å². The van der Waals surface area contributed by atoms with Crippen LogP contribution >= 0.6 is 11.6 Å². The topological polar surface area (TPSA) is 58.7 Å². The van der Waals surface area contributed by atoms with Crippen molar-refractivity contribution in [2.75, 3.05) is 5.32 Å². The lowest BCUT2D eigenvalue weighted by Crippen LogP contribution is -3.17. The van der Waals surface area contributed by atoms with Gasteiger partial charge in [0.1, 0.15) is 6.54 Å². The van der Waals surface area contributed by atoms with Gasteiger partial charge in [0, 0.05) is 31.7 Å². The number of amides is 2. The second-order valence-electron chi connectivity index (χ2n) is 7.05. The molecule has 132 valence electrons. The number of urea groups is 1. The first-order chi connectivity index (χ1) is 12.2. The number of hydrogen-bond acceptors (Lipinski definition) is 2. The molecule has 1 aromatic heterocycles. The van der Waals surface area contributed by atoms with Gasteiger partial charge in [0.25, 0.3) is 0 Å². The van der Waals surface area contributed by atoms with Crippen LogP contribution in [0.1, 0.15) is 31.4 Å². The maximum absolute atomic E-state index is 12.3. The molecule has 3 N–H and O–H groups in total. The first-order valence-electron chi connectivity index (χ1n) is 8.89. The summed E-state index contributed by atoms with van der Waals surface area (Å²) in [5, 5.41) is 6.53. The van der Waals surface area contributed by atoms with Gasteiger partial charge in [-0.3, -0.25) is 0 Å². The summed E-state index contributed by atoms with van der Waals surface area (Å²) in [6.07, 6.45) is 6.23. The van der Waals surface area contributed by atoms with Crippen LogP contribution in [0.4, 0.5) is 10.5 Å². The summed E-state index contributed by atoms with van der Waals surface area (Å²) in [6.45, 7) is 0.945. The number of carbonyl (C=O) groups excluding carboxylic acids is 1. The minimum atomic E-state index is -0.174. The van der Waals surface area contributed by atoms with E-state index < -0.39 is 0 Å². The zero-order valence-electron chi connectivity index (χ0n) is 14.0. The average molecular weight is 361 g/mol. The van der Waals surface area contributed by atoms with Gasteiger partial charge in [0.15, 0.2) is 5.76 Å². The number of rotatable bonds is 4. The van der Waals surface area contributed by atoms with Crippen molar-refractivity contribution in [1.82, 2.24) is 5.32 Å². The molecule has 2 aliphatic heterocycles. The summed E-state index contributed by atoms with van der Waals surface area (Å²) in [7, 11) is 0. The van der Waals surface area contributed by atoms with Crippen LogP contribution in [0.25, 0.3) is 0 Å². The van der Waals surface area contributed by atoms with E-state index >= 15 is 0 Å². The highest BCUT2D eigenvalue weighted by Gasteiger charge is 2.45. The Morgan fingerprint density at radius 1 is 1.16 bits per heavy atom. The molecule has 2 bridgehead atoms. The highest BCUT2D eigenvalue weighted by molar-refractivity contribution is 6.33. The van der Waals surface area contributed by atoms with E-state index in [1.54, 1.807) is 17.2 Å². The molecule has 2 amide bonds. The molecule has 2 aromatic rings. The van der Waals surface area contributed by atoms with Crippen molar-refractivity contribution in [3.05, 3.63) is 53.4 Å². The molecule has 4 rings (SSSR count). The number of carbonyl (C=O) groups is 1. The number of anilines is 1. The number of quaternary nitrogens is 1. The van der Waals surface area contributed by atoms with Crippen molar-refractivity contribution in [3.63, 3.8) is 0 Å². The molecule has 3 heterocycles. The quantitative estimate of drug-likeness (QED) is 0.785. The summed E-state index contributed by atoms with van der Waals surface area (Å²) in [5.41, 5.74) is 0.644. The number of halogens is 1. The van der Waals surface area contributed by atoms with E-state index in [9.17, 15) is 4.79 Å². The first kappa shape index (κ1) is 16.5. The number of benzene rings is 1. The van der Waals surface area contributed by atoms with Gasteiger partial charge in [-0.05, 0) is 24.3 Å². The van der Waals surface area contributed by atoms with Gasteiger partial charge in [0.05, 0.1) is 29.1 Å². The Bertz CT molecular complexity index is 720. The molecule has 0 aliphatic carbocycles. The Kier molecular flexibility index (Phi) is 4.68. The molecule has 6 heteroatoms. The Morgan fingerprint density at radius 3 is 2.60 bits per heavy atom. The second kappa shape index (κ2) is 7.10. The number of hydrogen-bond donors (Lipinski definition) is 3. The van der Waals surface area contributed by atoms with E-state index in [4.69, 9.17) is 16.0 Å². The van der Waals surface area contributed by atoms with Crippen molar-refractivity contribution < 1.29 is 14.1 Å². The summed E-state index contributed by atoms with van der Waals surface area (Å²) < 4.78 is 5.52. The highest BCUT2D eigenvalue weighted by Crippen LogP contribution is 2.24. The maximum Gasteiger partial charge on any atom is 0.319 e. The largest absolute Gasteiger partial charge is 0.463 e. The zero-order chi connectivity index (χ0) is 17.2. The minimum Gasteiger partial charge on any atom is -0.463 e. The monoisotopic (exact) mass is 360 g/mol. The molecule has 0 spiro atoms. The van der Waals surface area contributed by atoms with Crippen LogP contribution in [0.3, 0.4) is 0 Å². The van der Waals surface area contributed by atoms with Gasteiger partial charge in [-0.2, -0.15) is 0 Å². The molecular formula is C19H23ClN3O2+. The fourth-order valence-electron chi connectivity index (χ4n) is 4.36. The normalized spacial score (nSPS) is 27.9. The van der Waals surface area contributed by atoms with E-state index in [2.05, 4.69) is 10.6 Å². The van der Waals surface area contributed by atoms with Crippen LogP contribution in [0.15, 0.2) is 47.1 Å². The summed E-state index contributed by atoms with van der Waals surface area (Å²) in [6, 6.07) is 12.5. The molecule has 2 saturated heterocycles. The van der Waals surface area contributed by atoms with E-state index in [1.165, 1.54) is 12.8 Å². The minimum absolute atomic E-state index is 0.174. The fourth-order valence-corrected chi connectivity index (χ4v) is 4.54. The Labute approximate surface area is 152 Å². The maximum atomic E-state index is 12.3. The fraction of sp³-hybridized carbons (Fsp3) is 0.421. The number of para-hydroxylation sites is 1. The molecule has 0 radical (unpaired) electrons. The van der Waals surface area contributed by atoms with Gasteiger partial charge < -0.3 is 20.0 Å². The van der Waals surface area contributed by atoms with Crippen LogP contribution in [0.2, 0.25) is 5.02 Å². The van der Waals surface area contributed by atoms with Crippen molar-refractivity contribution >= 4 is 23.3 Å². The predicted molar refractivity (Wildman–Crippen MR) is 96.8 cm³/mol. The number of piperidine rings is 1. The van der Waals surface area contributed by atoms with Crippen molar-refractivity contribution in [3.8, 4) is 0 Å². The molecule has 1 aromatic carbocycles. The molecule has 2 fully saturated rings. The lowest BCUT2D eigenvalue weighted by atomic mass is 9.97. The van der Waals surface area contributed by atoms with E-state index in [0.29, 0.717) is 22.8 Å². The Balaban J connectivity index is 1.33. The van der Waals surface area contributed by atoms with Crippen molar-refractivity contribution in [2.45, 2.75) is 50.4 Å². The van der Waals surface area contributed by atoms with Crippen LogP contribution in [-0.2, 0) is 6.54 Å². The predicted octanol–water partition coefficient (Wildman–Crippen LogP) is 2.83. The van der Waals surface area contributed by atoms with Gasteiger partial charge in [-0.1, -0.05) is 23.7 Å². The van der Waals surface area contributed by atoms with E-state index in [1.807, 2.05) is 30.3 Å². The zero-order valence-corrected chi connectivity index (χ0v) is 14.8. The summed E-state index contributed by atoms with van der Waals surface area (Å²) in [5.74, 6) is 1.05. The van der Waals surface area contributed by atoms with E-state index in [0.717, 1.165) is 25.1 Å². The second-order valence-corrected chi connectivity index (χ2v) is 7.46. The SMILES string of the molecule is O=C(Nc1ccccc1Cl)NC1C[C@H]2CC[C@@H](C1)[NH+]2Cc1ccco1. The van der Waals surface area contributed by atoms with E-state index in [-0.39, 0.29) is 12.1 Å². The van der Waals surface area contributed by atoms with Crippen LogP contribution in [0, 0.1) is 0 Å². The van der Waals surface area contributed by atoms with Crippen molar-refractivity contribution in [1.29, 1.82) is 0 Å². The Hall–Kier alpha value is -1.98. The average Bonchev–Trinajstić information content (AvgIpc) is 3.17. The number of nitrogens with one attached hydrogen (secondary N) is 3. The molecule has 25 heavy (non-hydrogen) atoms. The molecule has 4 atom stereocenters. The summed E-state index contributed by atoms with van der Waals surface area (Å²) >= 11 is 6.10. The summed E-state index contributed by atoms with van der Waals surface area (Å²) in [4.78, 5) is 13.9. The molecule has 5 nitrogen and oxygen atoms in total. The third-order valence-electron chi connectivity index (χ3n) is 5.47. The molecular weight excluding hydrogens is 338 g/mol. The van der Waals surface area contributed by atoms with Gasteiger partial charge in [-0.25, -0.2) is 4.79 Å². The van der Waals surface area contributed by atoms with Gasteiger partial charge in [0.2, 0.25) is 0 Å². The van der Waals surface area contributed by atoms with Crippen LogP contribution < -0.4 is 15.5 Å². The lowest BCUT2D eigenvalue weighted by molar-refractivity contribution is -0.955. The van der Waals surface area contributed by atoms with Gasteiger partial charge in [-0.15, -0.1) is 0 Å². The lowest BCUT2D eigenvalue weighted by Gasteiger charge is -2.35. The highest BCUT2D eigenvalue weighted by atomic mass is 35.5. The molecule has 0 saturated carbocycles. The molecule has 2 unspecified atom stereocenters. The third-order valence-corrected chi connectivity index (χ3v) is 5.80. The third kappa shape index (κ3) is 3.67. The smallest absolute Gasteiger partial charge is 0.319 e. The van der Waals surface area contributed by atoms with Gasteiger partial charge >= 0.3 is 6.03 Å². The first-order valence-corrected chi connectivity index (χ1v) is 9.27. The standard InChI is InChI=1S/C19H22ClN3O2/c20-17-5-1-2-6-18(17)22-19(24)21-13-10-14-7-8-15(11-13)23(14)12-16-4-3-9-25-16/h1-6,9,13-15H,7-8,10-12H2,(H2,21,22,24)/p+1/t13?,14-,15+. The van der Waals surface area contributed by atoms with Crippen molar-refractivity contribution in [2.24, 2.45) is 0 Å². The Morgan fingerprint density at radius 2 is 1.92 bits per heavy atom.